The van der Waals surface area contributed by atoms with E-state index in [1.54, 1.807) is 14.2 Å². The lowest BCUT2D eigenvalue weighted by Crippen LogP contribution is -2.59. The molecule has 11 heteroatoms. The number of hydrogen-bond acceptors (Lipinski definition) is 9. The lowest BCUT2D eigenvalue weighted by molar-refractivity contribution is -0.0663. The van der Waals surface area contributed by atoms with Gasteiger partial charge < -0.3 is 42.6 Å². The topological polar surface area (TPSA) is 88.2 Å². The second kappa shape index (κ2) is 23.4. The number of rotatable bonds is 23. The van der Waals surface area contributed by atoms with Crippen LogP contribution < -0.4 is 14.4 Å². The Morgan fingerprint density at radius 3 is 2.12 bits per heavy atom. The fraction of sp³-hybridized carbons (Fsp3) is 0.537. The molecule has 10 nitrogen and oxygen atoms in total. The number of para-hydroxylation sites is 1. The molecular formula is C54H76N2O8Si. The van der Waals surface area contributed by atoms with E-state index < -0.39 is 8.32 Å². The zero-order valence-corrected chi connectivity index (χ0v) is 41.8. The maximum Gasteiger partial charge on any atom is 0.410 e. The first kappa shape index (κ1) is 50.0. The van der Waals surface area contributed by atoms with Crippen LogP contribution in [0.5, 0.6) is 11.5 Å². The molecule has 0 radical (unpaired) electrons. The van der Waals surface area contributed by atoms with Crippen LogP contribution in [0.25, 0.3) is 0 Å². The van der Waals surface area contributed by atoms with Gasteiger partial charge in [0.1, 0.15) is 18.1 Å². The molecule has 0 aliphatic carbocycles. The maximum absolute atomic E-state index is 14.2. The predicted octanol–water partition coefficient (Wildman–Crippen LogP) is 11.7. The summed E-state index contributed by atoms with van der Waals surface area (Å²) in [6, 6.07) is 33.0. The van der Waals surface area contributed by atoms with E-state index in [1.165, 1.54) is 11.3 Å². The molecule has 0 unspecified atom stereocenters. The standard InChI is InChI=1S/C54H76N2O8Si/c1-39(2)65(40(3)4,41(5)6)64-51-34-56(53(57)63-35-42-18-12-11-13-19-42)33-50(62-36-43-22-27-47-48(32-43)55(28-16-29-58-9)38-54(47,7)8)52(51)44-23-25-46(26-24-44)61-31-17-30-60-37-45-20-14-15-21-49(45)59-10/h11-15,18-27,32,39-41,50-52H,16-17,28-31,33-38H2,1-10H3/t50-,51+,52+/m0/s1. The summed E-state index contributed by atoms with van der Waals surface area (Å²) < 4.78 is 43.9. The van der Waals surface area contributed by atoms with Gasteiger partial charge in [-0.25, -0.2) is 4.79 Å². The van der Waals surface area contributed by atoms with Crippen molar-refractivity contribution in [3.8, 4) is 11.5 Å². The summed E-state index contributed by atoms with van der Waals surface area (Å²) in [6.45, 7) is 24.1. The highest BCUT2D eigenvalue weighted by Crippen LogP contribution is 2.47. The number of benzene rings is 4. The molecule has 2 heterocycles. The SMILES string of the molecule is COCCCN1CC(C)(C)c2ccc(CO[C@H]3CN(C(=O)OCc4ccccc4)C[C@@H](O[Si](C(C)C)(C(C)C)C(C)C)[C@@H]3c3ccc(OCCCOCc4ccccc4OC)cc3)cc21. The summed E-state index contributed by atoms with van der Waals surface area (Å²) in [4.78, 5) is 18.5. The second-order valence-corrected chi connectivity index (χ2v) is 24.8. The zero-order valence-electron chi connectivity index (χ0n) is 40.8. The minimum atomic E-state index is -2.45. The Bertz CT molecular complexity index is 2050. The monoisotopic (exact) mass is 909 g/mol. The average Bonchev–Trinajstić information content (AvgIpc) is 3.56. The molecule has 4 aromatic carbocycles. The molecule has 0 bridgehead atoms. The van der Waals surface area contributed by atoms with Crippen molar-refractivity contribution >= 4 is 20.1 Å². The number of fused-ring (bicyclic) bond motifs is 1. The Labute approximate surface area is 391 Å². The van der Waals surface area contributed by atoms with E-state index in [4.69, 9.17) is 32.8 Å². The van der Waals surface area contributed by atoms with Crippen LogP contribution in [0.2, 0.25) is 16.6 Å². The minimum Gasteiger partial charge on any atom is -0.496 e. The van der Waals surface area contributed by atoms with E-state index in [0.29, 0.717) is 56.1 Å². The number of carbonyl (C=O) groups is 1. The molecule has 1 amide bonds. The average molecular weight is 909 g/mol. The number of likely N-dealkylation sites (tertiary alicyclic amines) is 1. The highest BCUT2D eigenvalue weighted by atomic mass is 28.4. The third-order valence-electron chi connectivity index (χ3n) is 13.5. The van der Waals surface area contributed by atoms with Crippen LogP contribution in [-0.4, -0.2) is 91.7 Å². The lowest BCUT2D eigenvalue weighted by Gasteiger charge is -2.50. The van der Waals surface area contributed by atoms with Gasteiger partial charge in [-0.2, -0.15) is 0 Å². The maximum atomic E-state index is 14.2. The van der Waals surface area contributed by atoms with Crippen LogP contribution in [0.3, 0.4) is 0 Å². The molecule has 354 valence electrons. The van der Waals surface area contributed by atoms with Crippen LogP contribution in [0.4, 0.5) is 10.5 Å². The van der Waals surface area contributed by atoms with Crippen LogP contribution in [-0.2, 0) is 48.6 Å². The van der Waals surface area contributed by atoms with E-state index in [2.05, 4.69) is 103 Å². The molecular weight excluding hydrogens is 833 g/mol. The van der Waals surface area contributed by atoms with Crippen molar-refractivity contribution in [2.24, 2.45) is 0 Å². The number of anilines is 1. The Balaban J connectivity index is 1.26. The van der Waals surface area contributed by atoms with Crippen molar-refractivity contribution < 1.29 is 37.6 Å². The van der Waals surface area contributed by atoms with Gasteiger partial charge in [0.25, 0.3) is 0 Å². The van der Waals surface area contributed by atoms with E-state index >= 15 is 0 Å². The fourth-order valence-corrected chi connectivity index (χ4v) is 16.0. The van der Waals surface area contributed by atoms with Crippen molar-refractivity contribution in [1.29, 1.82) is 0 Å². The molecule has 4 aromatic rings. The van der Waals surface area contributed by atoms with E-state index in [0.717, 1.165) is 66.3 Å². The summed E-state index contributed by atoms with van der Waals surface area (Å²) in [7, 11) is 0.993. The van der Waals surface area contributed by atoms with Gasteiger partial charge in [0.15, 0.2) is 0 Å². The quantitative estimate of drug-likeness (QED) is 0.0533. The molecule has 6 rings (SSSR count). The van der Waals surface area contributed by atoms with Gasteiger partial charge in [0.2, 0.25) is 8.32 Å². The van der Waals surface area contributed by atoms with E-state index in [-0.39, 0.29) is 36.2 Å². The highest BCUT2D eigenvalue weighted by Gasteiger charge is 2.51. The molecule has 0 N–H and O–H groups in total. The smallest absolute Gasteiger partial charge is 0.410 e. The number of methoxy groups -OCH3 is 2. The molecule has 2 aliphatic rings. The van der Waals surface area contributed by atoms with Gasteiger partial charge in [-0.15, -0.1) is 0 Å². The van der Waals surface area contributed by atoms with Crippen molar-refractivity contribution in [2.45, 2.75) is 128 Å². The molecule has 2 aliphatic heterocycles. The first-order chi connectivity index (χ1) is 31.3. The van der Waals surface area contributed by atoms with Crippen LogP contribution in [0.1, 0.15) is 102 Å². The number of piperidine rings is 1. The zero-order chi connectivity index (χ0) is 46.6. The molecule has 1 saturated heterocycles. The summed E-state index contributed by atoms with van der Waals surface area (Å²) in [5.41, 5.74) is 7.88. The lowest BCUT2D eigenvalue weighted by atomic mass is 9.84. The molecule has 1 fully saturated rings. The normalized spacial score (nSPS) is 18.4. The Kier molecular flexibility index (Phi) is 18.0. The molecule has 0 saturated carbocycles. The molecule has 65 heavy (non-hydrogen) atoms. The highest BCUT2D eigenvalue weighted by molar-refractivity contribution is 6.77. The summed E-state index contributed by atoms with van der Waals surface area (Å²) in [5, 5.41) is 0. The Morgan fingerprint density at radius 2 is 1.43 bits per heavy atom. The van der Waals surface area contributed by atoms with Crippen LogP contribution in [0.15, 0.2) is 97.1 Å². The largest absolute Gasteiger partial charge is 0.496 e. The molecule has 0 aromatic heterocycles. The first-order valence-corrected chi connectivity index (χ1v) is 26.0. The van der Waals surface area contributed by atoms with Crippen LogP contribution >= 0.6 is 0 Å². The summed E-state index contributed by atoms with van der Waals surface area (Å²) in [6.07, 6.45) is 0.638. The van der Waals surface area contributed by atoms with Crippen molar-refractivity contribution in [3.05, 3.63) is 125 Å². The Morgan fingerprint density at radius 1 is 0.738 bits per heavy atom. The number of nitrogens with zero attached hydrogens (tertiary/aromatic N) is 2. The van der Waals surface area contributed by atoms with Gasteiger partial charge in [-0.1, -0.05) is 128 Å². The first-order valence-electron chi connectivity index (χ1n) is 23.8. The number of carbonyl (C=O) groups excluding carboxylic acids is 1. The van der Waals surface area contributed by atoms with Crippen molar-refractivity contribution in [2.75, 3.05) is 65.1 Å². The summed E-state index contributed by atoms with van der Waals surface area (Å²) in [5.74, 6) is 1.46. The van der Waals surface area contributed by atoms with Crippen molar-refractivity contribution in [1.82, 2.24) is 4.90 Å². The third-order valence-corrected chi connectivity index (χ3v) is 19.6. The van der Waals surface area contributed by atoms with Gasteiger partial charge in [-0.05, 0) is 69.6 Å². The van der Waals surface area contributed by atoms with E-state index in [1.807, 2.05) is 59.5 Å². The minimum absolute atomic E-state index is 0.0434. The number of amides is 1. The van der Waals surface area contributed by atoms with Gasteiger partial charge in [0, 0.05) is 62.4 Å². The van der Waals surface area contributed by atoms with Gasteiger partial charge in [-0.3, -0.25) is 0 Å². The second-order valence-electron chi connectivity index (χ2n) is 19.4. The number of hydrogen-bond donors (Lipinski definition) is 0. The van der Waals surface area contributed by atoms with Crippen molar-refractivity contribution in [3.63, 3.8) is 0 Å². The van der Waals surface area contributed by atoms with E-state index in [9.17, 15) is 4.79 Å². The Hall–Kier alpha value is -4.39. The van der Waals surface area contributed by atoms with Gasteiger partial charge in [0.05, 0.1) is 52.3 Å². The fourth-order valence-electron chi connectivity index (χ4n) is 10.4. The third kappa shape index (κ3) is 12.5. The molecule has 0 spiro atoms. The van der Waals surface area contributed by atoms with Crippen LogP contribution in [0, 0.1) is 0 Å². The van der Waals surface area contributed by atoms with Gasteiger partial charge >= 0.3 is 6.09 Å². The summed E-state index contributed by atoms with van der Waals surface area (Å²) >= 11 is 0. The molecule has 3 atom stereocenters. The number of ether oxygens (including phenoxy) is 6. The predicted molar refractivity (Wildman–Crippen MR) is 263 cm³/mol.